The van der Waals surface area contributed by atoms with E-state index in [2.05, 4.69) is 41.5 Å². The quantitative estimate of drug-likeness (QED) is 0.359. The van der Waals surface area contributed by atoms with Crippen molar-refractivity contribution in [3.8, 4) is 0 Å². The van der Waals surface area contributed by atoms with E-state index in [-0.39, 0.29) is 13.2 Å². The van der Waals surface area contributed by atoms with Crippen LogP contribution >= 0.6 is 0 Å². The molecule has 240 valence electrons. The molecular formula is C34H68O6. The maximum absolute atomic E-state index is 10.1. The number of ether oxygens (including phenoxy) is 4. The maximum atomic E-state index is 10.1. The summed E-state index contributed by atoms with van der Waals surface area (Å²) in [5.41, 5.74) is 0. The van der Waals surface area contributed by atoms with Gasteiger partial charge in [0.2, 0.25) is 0 Å². The number of aliphatic hydroxyl groups is 2. The molecule has 1 aliphatic heterocycles. The van der Waals surface area contributed by atoms with Gasteiger partial charge in [0, 0.05) is 39.6 Å². The lowest BCUT2D eigenvalue weighted by Gasteiger charge is -2.26. The van der Waals surface area contributed by atoms with Gasteiger partial charge in [-0.15, -0.1) is 0 Å². The van der Waals surface area contributed by atoms with E-state index in [0.29, 0.717) is 74.1 Å². The van der Waals surface area contributed by atoms with Gasteiger partial charge in [0.05, 0.1) is 0 Å². The van der Waals surface area contributed by atoms with E-state index >= 15 is 0 Å². The van der Waals surface area contributed by atoms with Gasteiger partial charge in [-0.25, -0.2) is 0 Å². The minimum atomic E-state index is 0.271. The smallest absolute Gasteiger partial charge is 0.146 e. The van der Waals surface area contributed by atoms with Gasteiger partial charge >= 0.3 is 0 Å². The van der Waals surface area contributed by atoms with Gasteiger partial charge in [0.15, 0.2) is 0 Å². The monoisotopic (exact) mass is 573 g/mol. The minimum absolute atomic E-state index is 0.271. The van der Waals surface area contributed by atoms with E-state index in [4.69, 9.17) is 18.9 Å². The van der Waals surface area contributed by atoms with Crippen molar-refractivity contribution in [2.75, 3.05) is 53.2 Å². The van der Waals surface area contributed by atoms with Crippen molar-refractivity contribution in [3.05, 3.63) is 0 Å². The highest BCUT2D eigenvalue weighted by molar-refractivity contribution is 4.71. The molecule has 1 heterocycles. The Bertz CT molecular complexity index is 515. The van der Waals surface area contributed by atoms with E-state index in [1.807, 2.05) is 0 Å². The summed E-state index contributed by atoms with van der Waals surface area (Å²) in [6, 6.07) is 0. The molecule has 0 aromatic heterocycles. The molecule has 0 aromatic rings. The third-order valence-electron chi connectivity index (χ3n) is 9.27. The summed E-state index contributed by atoms with van der Waals surface area (Å²) in [7, 11) is 0. The maximum Gasteiger partial charge on any atom is 0.146 e. The van der Waals surface area contributed by atoms with E-state index in [1.54, 1.807) is 0 Å². The summed E-state index contributed by atoms with van der Waals surface area (Å²) in [6.07, 6.45) is 13.0. The molecule has 1 aliphatic rings. The lowest BCUT2D eigenvalue weighted by Crippen LogP contribution is -2.19. The Morgan fingerprint density at radius 2 is 0.800 bits per heavy atom. The van der Waals surface area contributed by atoms with Crippen molar-refractivity contribution >= 4 is 0 Å². The predicted octanol–water partition coefficient (Wildman–Crippen LogP) is 7.70. The topological polar surface area (TPSA) is 77.4 Å². The Balaban J connectivity index is 2.64. The second kappa shape index (κ2) is 24.2. The number of rotatable bonds is 4. The molecule has 0 radical (unpaired) electrons. The first-order valence-electron chi connectivity index (χ1n) is 16.8. The molecule has 0 bridgehead atoms. The van der Waals surface area contributed by atoms with Crippen LogP contribution in [0.2, 0.25) is 0 Å². The van der Waals surface area contributed by atoms with Crippen LogP contribution in [-0.4, -0.2) is 63.4 Å². The van der Waals surface area contributed by atoms with Gasteiger partial charge in [-0.05, 0) is 112 Å². The fourth-order valence-electron chi connectivity index (χ4n) is 6.77. The van der Waals surface area contributed by atoms with Crippen molar-refractivity contribution in [2.45, 2.75) is 119 Å². The zero-order valence-corrected chi connectivity index (χ0v) is 27.3. The fraction of sp³-hybridized carbons (Fsp3) is 1.00. The predicted molar refractivity (Wildman–Crippen MR) is 165 cm³/mol. The summed E-state index contributed by atoms with van der Waals surface area (Å²) in [6.45, 7) is 18.0. The van der Waals surface area contributed by atoms with E-state index in [9.17, 15) is 10.2 Å². The van der Waals surface area contributed by atoms with Gasteiger partial charge in [-0.3, -0.25) is 0 Å². The fourth-order valence-corrected chi connectivity index (χ4v) is 6.77. The molecule has 1 rings (SSSR count). The largest absolute Gasteiger partial charge is 0.396 e. The molecule has 6 heteroatoms. The Hall–Kier alpha value is -0.240. The first-order valence-corrected chi connectivity index (χ1v) is 16.8. The highest BCUT2D eigenvalue weighted by Gasteiger charge is 2.21. The molecule has 40 heavy (non-hydrogen) atoms. The molecule has 0 saturated carbocycles. The van der Waals surface area contributed by atoms with Crippen LogP contribution in [0, 0.1) is 47.3 Å². The molecule has 8 atom stereocenters. The van der Waals surface area contributed by atoms with Gasteiger partial charge in [0.25, 0.3) is 0 Å². The lowest BCUT2D eigenvalue weighted by molar-refractivity contribution is -0.0617. The van der Waals surface area contributed by atoms with Gasteiger partial charge in [-0.2, -0.15) is 0 Å². The molecule has 0 aliphatic carbocycles. The van der Waals surface area contributed by atoms with Crippen molar-refractivity contribution in [1.82, 2.24) is 0 Å². The number of aliphatic hydroxyl groups excluding tert-OH is 2. The molecule has 8 unspecified atom stereocenters. The second-order valence-electron chi connectivity index (χ2n) is 13.5. The van der Waals surface area contributed by atoms with Crippen LogP contribution in [0.15, 0.2) is 0 Å². The van der Waals surface area contributed by atoms with Crippen molar-refractivity contribution in [3.63, 3.8) is 0 Å². The third-order valence-corrected chi connectivity index (χ3v) is 9.27. The summed E-state index contributed by atoms with van der Waals surface area (Å²) >= 11 is 0. The number of hydrogen-bond donors (Lipinski definition) is 2. The van der Waals surface area contributed by atoms with Crippen LogP contribution in [0.3, 0.4) is 0 Å². The Kier molecular flexibility index (Phi) is 22.9. The summed E-state index contributed by atoms with van der Waals surface area (Å²) in [5.74, 6) is 4.28. The van der Waals surface area contributed by atoms with Crippen LogP contribution in [-0.2, 0) is 18.9 Å². The Morgan fingerprint density at radius 1 is 0.450 bits per heavy atom. The Morgan fingerprint density at radius 3 is 1.12 bits per heavy atom. The molecule has 0 aromatic carbocycles. The normalized spacial score (nSPS) is 35.4. The summed E-state index contributed by atoms with van der Waals surface area (Å²) in [4.78, 5) is 0. The molecule has 0 amide bonds. The van der Waals surface area contributed by atoms with Gasteiger partial charge < -0.3 is 29.2 Å². The second-order valence-corrected chi connectivity index (χ2v) is 13.5. The molecule has 0 spiro atoms. The SMILES string of the molecule is CCC1CCOCOCCC(CC)CC(CO)CC(C)CC(C)CCOCOCCC(C)CC(C)CC(CO)C1. The number of hydrogen-bond acceptors (Lipinski definition) is 6. The third kappa shape index (κ3) is 19.0. The standard InChI is InChI=1S/C34H68O6/c1-7-31-11-15-39-26-40-16-12-32(8-2)22-34(24-36)20-30(6)18-28(4)10-14-38-25-37-13-9-27(3)17-29(5)19-33(21-31)23-35/h27-36H,7-26H2,1-6H3. The molecule has 6 nitrogen and oxygen atoms in total. The zero-order chi connectivity index (χ0) is 29.6. The molecule has 1 fully saturated rings. The van der Waals surface area contributed by atoms with Gasteiger partial charge in [0.1, 0.15) is 13.6 Å². The average Bonchev–Trinajstić information content (AvgIpc) is 2.92. The molecule has 2 N–H and O–H groups in total. The van der Waals surface area contributed by atoms with Crippen LogP contribution in [0.1, 0.15) is 119 Å². The van der Waals surface area contributed by atoms with E-state index in [0.717, 1.165) is 77.4 Å². The highest BCUT2D eigenvalue weighted by Crippen LogP contribution is 2.29. The van der Waals surface area contributed by atoms with Gasteiger partial charge in [-0.1, -0.05) is 54.4 Å². The lowest BCUT2D eigenvalue weighted by atomic mass is 9.82. The minimum Gasteiger partial charge on any atom is -0.396 e. The van der Waals surface area contributed by atoms with Crippen molar-refractivity contribution < 1.29 is 29.2 Å². The molecular weight excluding hydrogens is 504 g/mol. The van der Waals surface area contributed by atoms with Crippen LogP contribution < -0.4 is 0 Å². The van der Waals surface area contributed by atoms with Crippen molar-refractivity contribution in [1.29, 1.82) is 0 Å². The molecule has 1 saturated heterocycles. The zero-order valence-electron chi connectivity index (χ0n) is 27.3. The van der Waals surface area contributed by atoms with Crippen LogP contribution in [0.25, 0.3) is 0 Å². The van der Waals surface area contributed by atoms with E-state index in [1.165, 1.54) is 12.8 Å². The van der Waals surface area contributed by atoms with Crippen LogP contribution in [0.5, 0.6) is 0 Å². The first kappa shape index (κ1) is 37.8. The van der Waals surface area contributed by atoms with Crippen molar-refractivity contribution in [2.24, 2.45) is 47.3 Å². The summed E-state index contributed by atoms with van der Waals surface area (Å²) in [5, 5.41) is 20.1. The van der Waals surface area contributed by atoms with Crippen LogP contribution in [0.4, 0.5) is 0 Å². The summed E-state index contributed by atoms with van der Waals surface area (Å²) < 4.78 is 23.2. The average molecular weight is 573 g/mol. The first-order chi connectivity index (χ1) is 19.3. The van der Waals surface area contributed by atoms with E-state index < -0.39 is 0 Å². The highest BCUT2D eigenvalue weighted by atomic mass is 16.7. The Labute approximate surface area is 248 Å².